The summed E-state index contributed by atoms with van der Waals surface area (Å²) in [6, 6.07) is -0.199. The quantitative estimate of drug-likeness (QED) is 0.626. The van der Waals surface area contributed by atoms with Crippen molar-refractivity contribution in [2.45, 2.75) is 38.5 Å². The van der Waals surface area contributed by atoms with Crippen molar-refractivity contribution in [3.63, 3.8) is 0 Å². The lowest BCUT2D eigenvalue weighted by atomic mass is 10.1. The van der Waals surface area contributed by atoms with Crippen LogP contribution in [0.1, 0.15) is 26.2 Å². The van der Waals surface area contributed by atoms with Crippen molar-refractivity contribution in [2.75, 3.05) is 20.1 Å². The third-order valence-corrected chi connectivity index (χ3v) is 2.63. The number of aliphatic hydroxyl groups excluding tert-OH is 1. The van der Waals surface area contributed by atoms with E-state index in [1.807, 2.05) is 7.05 Å². The van der Waals surface area contributed by atoms with Gasteiger partial charge in [-0.3, -0.25) is 4.90 Å². The number of carbonyl (C=O) groups excluding carboxylic acids is 1. The van der Waals surface area contributed by atoms with E-state index in [-0.39, 0.29) is 12.2 Å². The van der Waals surface area contributed by atoms with Crippen LogP contribution in [-0.4, -0.2) is 48.4 Å². The van der Waals surface area contributed by atoms with Gasteiger partial charge in [0.2, 0.25) is 0 Å². The molecule has 1 aliphatic heterocycles. The van der Waals surface area contributed by atoms with Gasteiger partial charge in [0.25, 0.3) is 0 Å². The summed E-state index contributed by atoms with van der Waals surface area (Å²) in [5, 5.41) is 14.5. The van der Waals surface area contributed by atoms with E-state index in [2.05, 4.69) is 15.5 Å². The Labute approximate surface area is 90.8 Å². The van der Waals surface area contributed by atoms with Gasteiger partial charge in [0.15, 0.2) is 0 Å². The van der Waals surface area contributed by atoms with Gasteiger partial charge in [-0.05, 0) is 39.8 Å². The number of hydrogen-bond donors (Lipinski definition) is 3. The molecule has 5 heteroatoms. The predicted molar refractivity (Wildman–Crippen MR) is 58.5 cm³/mol. The fourth-order valence-electron chi connectivity index (χ4n) is 1.70. The van der Waals surface area contributed by atoms with Gasteiger partial charge in [-0.15, -0.1) is 0 Å². The molecule has 0 bridgehead atoms. The minimum atomic E-state index is -0.500. The van der Waals surface area contributed by atoms with Gasteiger partial charge in [-0.2, -0.15) is 0 Å². The lowest BCUT2D eigenvalue weighted by Gasteiger charge is -2.32. The molecule has 2 amide bonds. The number of urea groups is 1. The zero-order valence-corrected chi connectivity index (χ0v) is 9.49. The second-order valence-electron chi connectivity index (χ2n) is 4.20. The highest BCUT2D eigenvalue weighted by Gasteiger charge is 2.20. The van der Waals surface area contributed by atoms with Crippen LogP contribution < -0.4 is 10.6 Å². The van der Waals surface area contributed by atoms with Gasteiger partial charge >= 0.3 is 6.03 Å². The van der Waals surface area contributed by atoms with Crippen LogP contribution in [0.15, 0.2) is 0 Å². The van der Waals surface area contributed by atoms with Gasteiger partial charge in [-0.25, -0.2) is 4.79 Å². The number of carbonyl (C=O) groups is 1. The van der Waals surface area contributed by atoms with Gasteiger partial charge < -0.3 is 15.7 Å². The highest BCUT2D eigenvalue weighted by Crippen LogP contribution is 2.12. The Bertz CT molecular complexity index is 209. The van der Waals surface area contributed by atoms with E-state index < -0.39 is 6.10 Å². The Hall–Kier alpha value is -0.810. The summed E-state index contributed by atoms with van der Waals surface area (Å²) >= 11 is 0. The first-order valence-corrected chi connectivity index (χ1v) is 5.52. The van der Waals surface area contributed by atoms with Crippen molar-refractivity contribution in [1.29, 1.82) is 0 Å². The Morgan fingerprint density at radius 1 is 1.60 bits per heavy atom. The van der Waals surface area contributed by atoms with Crippen LogP contribution in [0.2, 0.25) is 0 Å². The molecular weight excluding hydrogens is 194 g/mol. The summed E-state index contributed by atoms with van der Waals surface area (Å²) in [5.41, 5.74) is 0. The molecule has 1 aliphatic rings. The molecule has 1 fully saturated rings. The van der Waals surface area contributed by atoms with Crippen molar-refractivity contribution >= 4 is 6.03 Å². The maximum absolute atomic E-state index is 11.4. The van der Waals surface area contributed by atoms with Crippen LogP contribution in [-0.2, 0) is 0 Å². The molecule has 0 aliphatic carbocycles. The van der Waals surface area contributed by atoms with Gasteiger partial charge in [0.1, 0.15) is 0 Å². The summed E-state index contributed by atoms with van der Waals surface area (Å²) in [4.78, 5) is 13.5. The Kier molecular flexibility index (Phi) is 4.84. The molecule has 88 valence electrons. The zero-order chi connectivity index (χ0) is 11.3. The molecule has 0 saturated carbocycles. The van der Waals surface area contributed by atoms with Gasteiger partial charge in [0.05, 0.1) is 12.3 Å². The summed E-state index contributed by atoms with van der Waals surface area (Å²) < 4.78 is 0. The van der Waals surface area contributed by atoms with E-state index in [1.54, 1.807) is 6.92 Å². The van der Waals surface area contributed by atoms with E-state index >= 15 is 0 Å². The number of hydrogen-bond acceptors (Lipinski definition) is 3. The number of nitrogens with one attached hydrogen (secondary N) is 2. The van der Waals surface area contributed by atoms with Gasteiger partial charge in [-0.1, -0.05) is 0 Å². The molecular formula is C10H21N3O2. The monoisotopic (exact) mass is 215 g/mol. The summed E-state index contributed by atoms with van der Waals surface area (Å²) in [7, 11) is 2.01. The molecule has 3 N–H and O–H groups in total. The minimum Gasteiger partial charge on any atom is -0.392 e. The normalized spacial score (nSPS) is 24.6. The Morgan fingerprint density at radius 3 is 2.93 bits per heavy atom. The maximum atomic E-state index is 11.4. The Balaban J connectivity index is 2.24. The number of amides is 2. The molecule has 2 atom stereocenters. The lowest BCUT2D eigenvalue weighted by Crippen LogP contribution is -2.52. The van der Waals surface area contributed by atoms with E-state index in [0.29, 0.717) is 6.54 Å². The number of likely N-dealkylation sites (tertiary alicyclic amines) is 1. The summed E-state index contributed by atoms with van der Waals surface area (Å²) in [6.07, 6.45) is 2.99. The molecule has 0 radical (unpaired) electrons. The molecule has 0 aromatic carbocycles. The van der Waals surface area contributed by atoms with E-state index in [9.17, 15) is 4.79 Å². The standard InChI is InChI=1S/C10H21N3O2/c1-8(14)7-11-10(15)12-9-5-3-4-6-13(9)2/h8-9,14H,3-7H2,1-2H3,(H2,11,12,15). The highest BCUT2D eigenvalue weighted by molar-refractivity contribution is 5.74. The van der Waals surface area contributed by atoms with Crippen LogP contribution in [0.3, 0.4) is 0 Å². The molecule has 1 saturated heterocycles. The molecule has 2 unspecified atom stereocenters. The fraction of sp³-hybridized carbons (Fsp3) is 0.900. The van der Waals surface area contributed by atoms with Crippen molar-refractivity contribution in [1.82, 2.24) is 15.5 Å². The van der Waals surface area contributed by atoms with Gasteiger partial charge in [0, 0.05) is 6.54 Å². The number of nitrogens with zero attached hydrogens (tertiary/aromatic N) is 1. The molecule has 5 nitrogen and oxygen atoms in total. The first kappa shape index (κ1) is 12.3. The first-order chi connectivity index (χ1) is 7.09. The largest absolute Gasteiger partial charge is 0.392 e. The number of piperidine rings is 1. The summed E-state index contributed by atoms with van der Waals surface area (Å²) in [5.74, 6) is 0. The van der Waals surface area contributed by atoms with E-state index in [1.165, 1.54) is 6.42 Å². The molecule has 1 rings (SSSR count). The molecule has 0 spiro atoms. The maximum Gasteiger partial charge on any atom is 0.316 e. The zero-order valence-electron chi connectivity index (χ0n) is 9.49. The first-order valence-electron chi connectivity index (χ1n) is 5.52. The van der Waals surface area contributed by atoms with E-state index in [0.717, 1.165) is 19.4 Å². The van der Waals surface area contributed by atoms with Crippen molar-refractivity contribution < 1.29 is 9.90 Å². The average Bonchev–Trinajstić information content (AvgIpc) is 2.18. The third-order valence-electron chi connectivity index (χ3n) is 2.63. The topological polar surface area (TPSA) is 64.6 Å². The Morgan fingerprint density at radius 2 is 2.33 bits per heavy atom. The van der Waals surface area contributed by atoms with Crippen molar-refractivity contribution in [3.8, 4) is 0 Å². The predicted octanol–water partition coefficient (Wildman–Crippen LogP) is 0.108. The van der Waals surface area contributed by atoms with Crippen LogP contribution in [0.5, 0.6) is 0 Å². The van der Waals surface area contributed by atoms with Crippen LogP contribution in [0, 0.1) is 0 Å². The van der Waals surface area contributed by atoms with Crippen LogP contribution in [0.4, 0.5) is 4.79 Å². The SMILES string of the molecule is CC(O)CNC(=O)NC1CCCCN1C. The summed E-state index contributed by atoms with van der Waals surface area (Å²) in [6.45, 7) is 2.97. The molecule has 0 aromatic rings. The van der Waals surface area contributed by atoms with Crippen molar-refractivity contribution in [2.24, 2.45) is 0 Å². The highest BCUT2D eigenvalue weighted by atomic mass is 16.3. The molecule has 15 heavy (non-hydrogen) atoms. The third kappa shape index (κ3) is 4.48. The fourth-order valence-corrected chi connectivity index (χ4v) is 1.70. The molecule has 1 heterocycles. The molecule has 0 aromatic heterocycles. The van der Waals surface area contributed by atoms with E-state index in [4.69, 9.17) is 5.11 Å². The lowest BCUT2D eigenvalue weighted by molar-refractivity contribution is 0.149. The van der Waals surface area contributed by atoms with Crippen molar-refractivity contribution in [3.05, 3.63) is 0 Å². The second-order valence-corrected chi connectivity index (χ2v) is 4.20. The average molecular weight is 215 g/mol. The van der Waals surface area contributed by atoms with Crippen LogP contribution >= 0.6 is 0 Å². The van der Waals surface area contributed by atoms with Crippen LogP contribution in [0.25, 0.3) is 0 Å². The minimum absolute atomic E-state index is 0.132. The smallest absolute Gasteiger partial charge is 0.316 e. The second kappa shape index (κ2) is 5.92. The number of rotatable bonds is 3. The number of aliphatic hydroxyl groups is 1.